The average Bonchev–Trinajstić information content (AvgIpc) is 3.15. The summed E-state index contributed by atoms with van der Waals surface area (Å²) in [6.45, 7) is 9.82. The molecule has 2 aromatic rings. The number of carboxylic acid groups (broad SMARTS) is 1. The van der Waals surface area contributed by atoms with Crippen molar-refractivity contribution in [3.05, 3.63) is 53.1 Å². The summed E-state index contributed by atoms with van der Waals surface area (Å²) in [6.07, 6.45) is 0.317. The molecule has 1 aliphatic heterocycles. The van der Waals surface area contributed by atoms with Crippen molar-refractivity contribution in [3.63, 3.8) is 0 Å². The van der Waals surface area contributed by atoms with Gasteiger partial charge in [-0.1, -0.05) is 46.8 Å². The lowest BCUT2D eigenvalue weighted by molar-refractivity contribution is -0.143. The molecule has 3 rings (SSSR count). The Bertz CT molecular complexity index is 1170. The number of carbonyl (C=O) groups excluding carboxylic acids is 2. The van der Waals surface area contributed by atoms with Gasteiger partial charge in [-0.25, -0.2) is 4.79 Å². The summed E-state index contributed by atoms with van der Waals surface area (Å²) in [5, 5.41) is 13.0. The van der Waals surface area contributed by atoms with Crippen molar-refractivity contribution in [1.82, 2.24) is 5.32 Å². The van der Waals surface area contributed by atoms with Crippen LogP contribution in [0.5, 0.6) is 11.5 Å². The average molecular weight is 497 g/mol. The zero-order valence-electron chi connectivity index (χ0n) is 22.1. The van der Waals surface area contributed by atoms with Crippen LogP contribution < -0.4 is 19.7 Å². The quantitative estimate of drug-likeness (QED) is 0.568. The molecule has 1 heterocycles. The van der Waals surface area contributed by atoms with Crippen molar-refractivity contribution in [3.8, 4) is 11.5 Å². The fourth-order valence-electron chi connectivity index (χ4n) is 4.87. The molecule has 0 saturated heterocycles. The van der Waals surface area contributed by atoms with E-state index in [1.54, 1.807) is 37.4 Å². The lowest BCUT2D eigenvalue weighted by Crippen LogP contribution is -2.56. The van der Waals surface area contributed by atoms with E-state index in [9.17, 15) is 19.5 Å². The summed E-state index contributed by atoms with van der Waals surface area (Å²) in [4.78, 5) is 40.1. The Labute approximate surface area is 212 Å². The van der Waals surface area contributed by atoms with Crippen LogP contribution in [0.1, 0.15) is 62.5 Å². The molecule has 2 amide bonds. The number of hydrogen-bond donors (Lipinski definition) is 2. The van der Waals surface area contributed by atoms with Gasteiger partial charge >= 0.3 is 5.97 Å². The number of likely N-dealkylation sites (N-methyl/N-ethyl adjacent to an activating group) is 1. The number of hydrogen-bond acceptors (Lipinski definition) is 5. The van der Waals surface area contributed by atoms with Gasteiger partial charge in [-0.15, -0.1) is 0 Å². The fraction of sp³-hybridized carbons (Fsp3) is 0.464. The van der Waals surface area contributed by atoms with Gasteiger partial charge in [0, 0.05) is 24.6 Å². The molecule has 2 N–H and O–H groups in total. The second-order valence-electron chi connectivity index (χ2n) is 10.6. The normalized spacial score (nSPS) is 17.1. The first-order valence-corrected chi connectivity index (χ1v) is 12.1. The minimum atomic E-state index is -1.50. The van der Waals surface area contributed by atoms with E-state index in [1.807, 2.05) is 19.9 Å². The summed E-state index contributed by atoms with van der Waals surface area (Å²) in [7, 11) is 3.07. The van der Waals surface area contributed by atoms with Crippen molar-refractivity contribution in [2.24, 2.45) is 5.92 Å². The van der Waals surface area contributed by atoms with Crippen molar-refractivity contribution < 1.29 is 29.0 Å². The molecular formula is C28H36N2O6. The maximum atomic E-state index is 14.1. The number of methoxy groups -OCH3 is 1. The molecule has 1 unspecified atom stereocenters. The Kier molecular flexibility index (Phi) is 7.67. The van der Waals surface area contributed by atoms with Gasteiger partial charge in [-0.3, -0.25) is 14.5 Å². The van der Waals surface area contributed by atoms with Gasteiger partial charge in [0.05, 0.1) is 12.8 Å². The highest BCUT2D eigenvalue weighted by molar-refractivity contribution is 6.13. The molecule has 0 radical (unpaired) electrons. The Morgan fingerprint density at radius 2 is 1.83 bits per heavy atom. The number of fused-ring (bicyclic) bond motifs is 1. The van der Waals surface area contributed by atoms with Gasteiger partial charge < -0.3 is 19.9 Å². The number of benzene rings is 2. The topological polar surface area (TPSA) is 105 Å². The Morgan fingerprint density at radius 1 is 1.14 bits per heavy atom. The highest BCUT2D eigenvalue weighted by Gasteiger charge is 2.54. The van der Waals surface area contributed by atoms with Gasteiger partial charge in [-0.2, -0.15) is 0 Å². The van der Waals surface area contributed by atoms with Gasteiger partial charge in [0.1, 0.15) is 17.0 Å². The predicted molar refractivity (Wildman–Crippen MR) is 138 cm³/mol. The van der Waals surface area contributed by atoms with Crippen LogP contribution in [-0.4, -0.2) is 49.2 Å². The van der Waals surface area contributed by atoms with Crippen molar-refractivity contribution in [2.45, 2.75) is 58.4 Å². The zero-order chi connectivity index (χ0) is 26.8. The van der Waals surface area contributed by atoms with Crippen molar-refractivity contribution in [1.29, 1.82) is 0 Å². The first kappa shape index (κ1) is 27.0. The lowest BCUT2D eigenvalue weighted by Gasteiger charge is -2.36. The van der Waals surface area contributed by atoms with Gasteiger partial charge in [0.25, 0.3) is 11.8 Å². The minimum absolute atomic E-state index is 0.00116. The molecule has 0 spiro atoms. The molecule has 2 aromatic carbocycles. The summed E-state index contributed by atoms with van der Waals surface area (Å²) >= 11 is 0. The third kappa shape index (κ3) is 5.03. The van der Waals surface area contributed by atoms with Crippen LogP contribution in [0.15, 0.2) is 36.4 Å². The zero-order valence-corrected chi connectivity index (χ0v) is 22.1. The van der Waals surface area contributed by atoms with E-state index in [0.717, 1.165) is 5.56 Å². The minimum Gasteiger partial charge on any atom is -0.496 e. The van der Waals surface area contributed by atoms with Gasteiger partial charge in [0.15, 0.2) is 6.61 Å². The number of ether oxygens (including phenoxy) is 2. The van der Waals surface area contributed by atoms with E-state index < -0.39 is 17.4 Å². The first-order chi connectivity index (χ1) is 16.9. The largest absolute Gasteiger partial charge is 0.496 e. The third-order valence-corrected chi connectivity index (χ3v) is 6.49. The van der Waals surface area contributed by atoms with Crippen molar-refractivity contribution >= 4 is 23.5 Å². The van der Waals surface area contributed by atoms with Crippen LogP contribution in [0.2, 0.25) is 0 Å². The van der Waals surface area contributed by atoms with Crippen LogP contribution in [-0.2, 0) is 21.4 Å². The number of carbonyl (C=O) groups is 3. The molecule has 194 valence electrons. The number of aliphatic carboxylic acids is 1. The first-order valence-electron chi connectivity index (χ1n) is 12.1. The second kappa shape index (κ2) is 10.2. The standard InChI is InChI=1S/C28H36N2O6/c1-17(2)14-28(26(33)34)15-19-21(9-8-10-22(19)36-16-24(31)29-6)30(28)25(32)18-11-12-20(27(3,4)5)23(13-18)35-7/h8-13,17H,14-16H2,1-7H3,(H,29,31)(H,33,34). The maximum Gasteiger partial charge on any atom is 0.330 e. The summed E-state index contributed by atoms with van der Waals surface area (Å²) < 4.78 is 11.3. The SMILES string of the molecule is CNC(=O)COc1cccc2c1CC(CC(C)C)(C(=O)O)N2C(=O)c1ccc(C(C)(C)C)c(OC)c1. The van der Waals surface area contributed by atoms with E-state index >= 15 is 0 Å². The number of nitrogens with one attached hydrogen (secondary N) is 1. The van der Waals surface area contributed by atoms with E-state index in [2.05, 4.69) is 26.1 Å². The monoisotopic (exact) mass is 496 g/mol. The maximum absolute atomic E-state index is 14.1. The molecule has 0 saturated carbocycles. The van der Waals surface area contributed by atoms with E-state index in [1.165, 1.54) is 11.9 Å². The summed E-state index contributed by atoms with van der Waals surface area (Å²) in [5.41, 5.74) is 0.633. The Morgan fingerprint density at radius 3 is 2.39 bits per heavy atom. The third-order valence-electron chi connectivity index (χ3n) is 6.49. The van der Waals surface area contributed by atoms with Gasteiger partial charge in [0.2, 0.25) is 0 Å². The molecule has 1 atom stereocenters. The molecule has 0 aromatic heterocycles. The van der Waals surface area contributed by atoms with Crippen LogP contribution in [0.25, 0.3) is 0 Å². The van der Waals surface area contributed by atoms with Crippen LogP contribution >= 0.6 is 0 Å². The Hall–Kier alpha value is -3.55. The second-order valence-corrected chi connectivity index (χ2v) is 10.6. The molecule has 8 nitrogen and oxygen atoms in total. The molecule has 1 aliphatic rings. The van der Waals surface area contributed by atoms with Gasteiger partial charge in [-0.05, 0) is 47.6 Å². The fourth-order valence-corrected chi connectivity index (χ4v) is 4.87. The smallest absolute Gasteiger partial charge is 0.330 e. The van der Waals surface area contributed by atoms with Crippen LogP contribution in [0.3, 0.4) is 0 Å². The number of carboxylic acids is 1. The van der Waals surface area contributed by atoms with Crippen molar-refractivity contribution in [2.75, 3.05) is 25.7 Å². The highest BCUT2D eigenvalue weighted by atomic mass is 16.5. The molecular weight excluding hydrogens is 460 g/mol. The van der Waals surface area contributed by atoms with Crippen LogP contribution in [0.4, 0.5) is 5.69 Å². The predicted octanol–water partition coefficient (Wildman–Crippen LogP) is 4.19. The Balaban J connectivity index is 2.16. The lowest BCUT2D eigenvalue weighted by atomic mass is 9.84. The van der Waals surface area contributed by atoms with E-state index in [0.29, 0.717) is 28.3 Å². The number of anilines is 1. The summed E-state index contributed by atoms with van der Waals surface area (Å²) in [6, 6.07) is 10.4. The number of nitrogens with zero attached hydrogens (tertiary/aromatic N) is 1. The molecule has 0 aliphatic carbocycles. The highest BCUT2D eigenvalue weighted by Crippen LogP contribution is 2.47. The van der Waals surface area contributed by atoms with E-state index in [-0.39, 0.29) is 36.7 Å². The summed E-state index contributed by atoms with van der Waals surface area (Å²) in [5.74, 6) is -0.869. The molecule has 0 bridgehead atoms. The number of rotatable bonds is 8. The molecule has 0 fully saturated rings. The van der Waals surface area contributed by atoms with Crippen LogP contribution in [0, 0.1) is 5.92 Å². The number of amides is 2. The van der Waals surface area contributed by atoms with E-state index in [4.69, 9.17) is 9.47 Å². The molecule has 8 heteroatoms. The molecule has 36 heavy (non-hydrogen) atoms.